The average Bonchev–Trinajstić information content (AvgIpc) is 2.62. The first-order chi connectivity index (χ1) is 11.7. The Hall–Kier alpha value is -2.83. The molecule has 7 nitrogen and oxygen atoms in total. The number of esters is 1. The van der Waals surface area contributed by atoms with Gasteiger partial charge in [0, 0.05) is 38.1 Å². The van der Waals surface area contributed by atoms with E-state index in [2.05, 4.69) is 31.9 Å². The first-order valence-electron chi connectivity index (χ1n) is 8.03. The maximum atomic E-state index is 11.8. The second-order valence-electron chi connectivity index (χ2n) is 5.50. The summed E-state index contributed by atoms with van der Waals surface area (Å²) in [5.74, 6) is 0.215. The molecule has 1 aromatic heterocycles. The number of hydrogen-bond acceptors (Lipinski definition) is 7. The van der Waals surface area contributed by atoms with E-state index in [4.69, 9.17) is 10.5 Å². The van der Waals surface area contributed by atoms with Crippen molar-refractivity contribution < 1.29 is 9.53 Å². The number of piperazine rings is 1. The molecule has 1 fully saturated rings. The molecule has 0 atom stereocenters. The van der Waals surface area contributed by atoms with E-state index in [9.17, 15) is 4.79 Å². The first kappa shape index (κ1) is 16.0. The van der Waals surface area contributed by atoms with Crippen molar-refractivity contribution in [3.05, 3.63) is 42.1 Å². The highest BCUT2D eigenvalue weighted by atomic mass is 16.5. The van der Waals surface area contributed by atoms with E-state index in [1.165, 1.54) is 11.9 Å². The maximum Gasteiger partial charge on any atom is 0.343 e. The molecule has 1 saturated heterocycles. The summed E-state index contributed by atoms with van der Waals surface area (Å²) in [6, 6.07) is 10.3. The van der Waals surface area contributed by atoms with Crippen LogP contribution in [0.4, 0.5) is 17.5 Å². The highest BCUT2D eigenvalue weighted by Crippen LogP contribution is 2.19. The van der Waals surface area contributed by atoms with Crippen LogP contribution in [-0.4, -0.2) is 48.7 Å². The van der Waals surface area contributed by atoms with Crippen LogP contribution in [0.25, 0.3) is 0 Å². The number of nitrogens with zero attached hydrogens (tertiary/aromatic N) is 4. The van der Waals surface area contributed by atoms with Gasteiger partial charge >= 0.3 is 5.97 Å². The molecule has 7 heteroatoms. The number of nitrogen functional groups attached to an aromatic ring is 1. The number of aromatic nitrogens is 2. The molecule has 3 rings (SSSR count). The van der Waals surface area contributed by atoms with Crippen molar-refractivity contribution in [1.82, 2.24) is 9.97 Å². The number of para-hydroxylation sites is 1. The Morgan fingerprint density at radius 3 is 2.46 bits per heavy atom. The minimum absolute atomic E-state index is 0.156. The largest absolute Gasteiger partial charge is 0.462 e. The van der Waals surface area contributed by atoms with E-state index in [1.807, 2.05) is 18.2 Å². The fourth-order valence-electron chi connectivity index (χ4n) is 2.71. The molecule has 0 bridgehead atoms. The van der Waals surface area contributed by atoms with E-state index in [0.717, 1.165) is 26.2 Å². The molecule has 0 spiro atoms. The molecule has 24 heavy (non-hydrogen) atoms. The van der Waals surface area contributed by atoms with Gasteiger partial charge < -0.3 is 20.3 Å². The SMILES string of the molecule is CCOC(=O)c1cnc(N2CCN(c3ccccc3)CC2)nc1N. The van der Waals surface area contributed by atoms with Gasteiger partial charge in [-0.3, -0.25) is 0 Å². The predicted octanol–water partition coefficient (Wildman–Crippen LogP) is 1.56. The topological polar surface area (TPSA) is 84.6 Å². The Bertz CT molecular complexity index is 699. The van der Waals surface area contributed by atoms with E-state index in [0.29, 0.717) is 12.6 Å². The molecule has 2 N–H and O–H groups in total. The number of benzene rings is 1. The molecule has 2 heterocycles. The van der Waals surface area contributed by atoms with Crippen LogP contribution in [0.15, 0.2) is 36.5 Å². The summed E-state index contributed by atoms with van der Waals surface area (Å²) in [5.41, 5.74) is 7.32. The minimum Gasteiger partial charge on any atom is -0.462 e. The quantitative estimate of drug-likeness (QED) is 0.853. The molecular weight excluding hydrogens is 306 g/mol. The molecule has 1 aliphatic heterocycles. The van der Waals surface area contributed by atoms with Gasteiger partial charge in [-0.25, -0.2) is 9.78 Å². The Morgan fingerprint density at radius 1 is 1.17 bits per heavy atom. The predicted molar refractivity (Wildman–Crippen MR) is 93.3 cm³/mol. The Kier molecular flexibility index (Phi) is 4.79. The van der Waals surface area contributed by atoms with Crippen molar-refractivity contribution >= 4 is 23.4 Å². The van der Waals surface area contributed by atoms with Crippen LogP contribution in [-0.2, 0) is 4.74 Å². The van der Waals surface area contributed by atoms with E-state index < -0.39 is 5.97 Å². The second kappa shape index (κ2) is 7.16. The molecule has 0 unspecified atom stereocenters. The third-order valence-electron chi connectivity index (χ3n) is 3.98. The van der Waals surface area contributed by atoms with Crippen LogP contribution >= 0.6 is 0 Å². The van der Waals surface area contributed by atoms with Crippen molar-refractivity contribution in [3.63, 3.8) is 0 Å². The Morgan fingerprint density at radius 2 is 1.83 bits per heavy atom. The zero-order valence-electron chi connectivity index (χ0n) is 13.7. The lowest BCUT2D eigenvalue weighted by Gasteiger charge is -2.36. The summed E-state index contributed by atoms with van der Waals surface area (Å²) < 4.78 is 4.94. The van der Waals surface area contributed by atoms with Crippen LogP contribution in [0.3, 0.4) is 0 Å². The average molecular weight is 327 g/mol. The molecule has 2 aromatic rings. The summed E-state index contributed by atoms with van der Waals surface area (Å²) >= 11 is 0. The monoisotopic (exact) mass is 327 g/mol. The van der Waals surface area contributed by atoms with E-state index >= 15 is 0 Å². The molecule has 0 aliphatic carbocycles. The van der Waals surface area contributed by atoms with Gasteiger partial charge in [0.05, 0.1) is 6.61 Å². The molecule has 126 valence electrons. The zero-order valence-corrected chi connectivity index (χ0v) is 13.7. The molecular formula is C17H21N5O2. The normalized spacial score (nSPS) is 14.5. The minimum atomic E-state index is -0.490. The van der Waals surface area contributed by atoms with E-state index in [1.54, 1.807) is 6.92 Å². The van der Waals surface area contributed by atoms with Gasteiger partial charge in [-0.15, -0.1) is 0 Å². The molecule has 0 radical (unpaired) electrons. The third kappa shape index (κ3) is 3.40. The van der Waals surface area contributed by atoms with Gasteiger partial charge in [0.2, 0.25) is 5.95 Å². The number of carbonyl (C=O) groups is 1. The fourth-order valence-corrected chi connectivity index (χ4v) is 2.71. The Balaban J connectivity index is 1.66. The molecule has 1 aliphatic rings. The smallest absolute Gasteiger partial charge is 0.343 e. The number of hydrogen-bond donors (Lipinski definition) is 1. The van der Waals surface area contributed by atoms with Gasteiger partial charge in [0.25, 0.3) is 0 Å². The van der Waals surface area contributed by atoms with Gasteiger partial charge in [0.1, 0.15) is 11.4 Å². The van der Waals surface area contributed by atoms with Gasteiger partial charge in [0.15, 0.2) is 0 Å². The van der Waals surface area contributed by atoms with Gasteiger partial charge in [-0.1, -0.05) is 18.2 Å². The number of carbonyl (C=O) groups excluding carboxylic acids is 1. The number of anilines is 3. The highest BCUT2D eigenvalue weighted by molar-refractivity contribution is 5.93. The van der Waals surface area contributed by atoms with Crippen molar-refractivity contribution in [1.29, 1.82) is 0 Å². The zero-order chi connectivity index (χ0) is 16.9. The standard InChI is InChI=1S/C17H21N5O2/c1-2-24-16(23)14-12-19-17(20-15(14)18)22-10-8-21(9-11-22)13-6-4-3-5-7-13/h3-7,12H,2,8-11H2,1H3,(H2,18,19,20). The lowest BCUT2D eigenvalue weighted by molar-refractivity contribution is 0.0527. The van der Waals surface area contributed by atoms with Gasteiger partial charge in [-0.2, -0.15) is 4.98 Å². The van der Waals surface area contributed by atoms with Crippen LogP contribution in [0.5, 0.6) is 0 Å². The van der Waals surface area contributed by atoms with Crippen molar-refractivity contribution in [3.8, 4) is 0 Å². The number of nitrogens with two attached hydrogens (primary N) is 1. The summed E-state index contributed by atoms with van der Waals surface area (Å²) in [6.07, 6.45) is 1.44. The maximum absolute atomic E-state index is 11.8. The van der Waals surface area contributed by atoms with Crippen molar-refractivity contribution in [2.24, 2.45) is 0 Å². The summed E-state index contributed by atoms with van der Waals surface area (Å²) in [4.78, 5) is 24.7. The van der Waals surface area contributed by atoms with Gasteiger partial charge in [-0.05, 0) is 19.1 Å². The highest BCUT2D eigenvalue weighted by Gasteiger charge is 2.21. The van der Waals surface area contributed by atoms with Crippen molar-refractivity contribution in [2.75, 3.05) is 48.3 Å². The Labute approximate surface area is 141 Å². The summed E-state index contributed by atoms with van der Waals surface area (Å²) in [5, 5.41) is 0. The summed E-state index contributed by atoms with van der Waals surface area (Å²) in [7, 11) is 0. The number of ether oxygens (including phenoxy) is 1. The lowest BCUT2D eigenvalue weighted by Crippen LogP contribution is -2.47. The van der Waals surface area contributed by atoms with E-state index in [-0.39, 0.29) is 11.4 Å². The van der Waals surface area contributed by atoms with Crippen LogP contribution in [0, 0.1) is 0 Å². The molecule has 1 aromatic carbocycles. The van der Waals surface area contributed by atoms with Crippen LogP contribution < -0.4 is 15.5 Å². The number of rotatable bonds is 4. The second-order valence-corrected chi connectivity index (χ2v) is 5.50. The first-order valence-corrected chi connectivity index (χ1v) is 8.03. The van der Waals surface area contributed by atoms with Crippen LogP contribution in [0.2, 0.25) is 0 Å². The molecule has 0 amide bonds. The third-order valence-corrected chi connectivity index (χ3v) is 3.98. The summed E-state index contributed by atoms with van der Waals surface area (Å²) in [6.45, 7) is 5.40. The lowest BCUT2D eigenvalue weighted by atomic mass is 10.2. The fraction of sp³-hybridized carbons (Fsp3) is 0.353. The molecule has 0 saturated carbocycles. The van der Waals surface area contributed by atoms with Crippen LogP contribution in [0.1, 0.15) is 17.3 Å². The van der Waals surface area contributed by atoms with Crippen molar-refractivity contribution in [2.45, 2.75) is 6.92 Å².